The number of hydrogen-bond donors (Lipinski definition) is 2. The molecule has 0 fully saturated rings. The van der Waals surface area contributed by atoms with E-state index >= 15 is 0 Å². The summed E-state index contributed by atoms with van der Waals surface area (Å²) in [5, 5.41) is 6.55. The number of hydrogen-bond acceptors (Lipinski definition) is 4. The third kappa shape index (κ3) is 3.79. The van der Waals surface area contributed by atoms with Crippen LogP contribution in [0.15, 0.2) is 73.3 Å². The Morgan fingerprint density at radius 1 is 1.00 bits per heavy atom. The smallest absolute Gasteiger partial charge is 0.229 e. The number of aromatic nitrogens is 2. The second-order valence-electron chi connectivity index (χ2n) is 5.44. The minimum absolute atomic E-state index is 0.567. The van der Waals surface area contributed by atoms with Crippen molar-refractivity contribution in [2.24, 2.45) is 0 Å². The molecule has 0 saturated heterocycles. The van der Waals surface area contributed by atoms with E-state index in [0.29, 0.717) is 12.5 Å². The van der Waals surface area contributed by atoms with Gasteiger partial charge < -0.3 is 10.6 Å². The summed E-state index contributed by atoms with van der Waals surface area (Å²) in [4.78, 5) is 9.21. The van der Waals surface area contributed by atoms with Crippen molar-refractivity contribution in [3.63, 3.8) is 0 Å². The summed E-state index contributed by atoms with van der Waals surface area (Å²) in [6.07, 6.45) is 1.80. The quantitative estimate of drug-likeness (QED) is 0.642. The fourth-order valence-corrected chi connectivity index (χ4v) is 2.36. The van der Waals surface area contributed by atoms with Crippen molar-refractivity contribution in [3.05, 3.63) is 78.9 Å². The van der Waals surface area contributed by atoms with Gasteiger partial charge in [-0.05, 0) is 18.6 Å². The van der Waals surface area contributed by atoms with E-state index in [1.54, 1.807) is 6.08 Å². The highest BCUT2D eigenvalue weighted by atomic mass is 15.1. The van der Waals surface area contributed by atoms with Crippen molar-refractivity contribution in [1.29, 1.82) is 0 Å². The van der Waals surface area contributed by atoms with Crippen molar-refractivity contribution in [3.8, 4) is 11.3 Å². The molecule has 2 aromatic carbocycles. The SMILES string of the molecule is C=CCNc1cc(-c2ccccc2)nc(Nc2ccccc2C)n1. The molecule has 0 amide bonds. The maximum absolute atomic E-state index is 4.66. The summed E-state index contributed by atoms with van der Waals surface area (Å²) in [6, 6.07) is 20.1. The molecule has 0 aliphatic carbocycles. The van der Waals surface area contributed by atoms with Gasteiger partial charge >= 0.3 is 0 Å². The highest BCUT2D eigenvalue weighted by Crippen LogP contribution is 2.24. The lowest BCUT2D eigenvalue weighted by Crippen LogP contribution is -2.05. The first-order valence-corrected chi connectivity index (χ1v) is 7.88. The second kappa shape index (κ2) is 7.42. The number of nitrogens with one attached hydrogen (secondary N) is 2. The maximum atomic E-state index is 4.66. The van der Waals surface area contributed by atoms with E-state index < -0.39 is 0 Å². The van der Waals surface area contributed by atoms with Crippen molar-refractivity contribution in [1.82, 2.24) is 9.97 Å². The van der Waals surface area contributed by atoms with E-state index in [-0.39, 0.29) is 0 Å². The molecule has 0 aliphatic rings. The molecule has 2 N–H and O–H groups in total. The first kappa shape index (κ1) is 15.7. The monoisotopic (exact) mass is 316 g/mol. The highest BCUT2D eigenvalue weighted by Gasteiger charge is 2.07. The molecule has 1 heterocycles. The van der Waals surface area contributed by atoms with Crippen LogP contribution < -0.4 is 10.6 Å². The van der Waals surface area contributed by atoms with Gasteiger partial charge in [-0.1, -0.05) is 54.6 Å². The lowest BCUT2D eigenvalue weighted by molar-refractivity contribution is 1.14. The number of para-hydroxylation sites is 1. The van der Waals surface area contributed by atoms with E-state index in [1.165, 1.54) is 0 Å². The number of benzene rings is 2. The number of rotatable bonds is 6. The lowest BCUT2D eigenvalue weighted by Gasteiger charge is -2.12. The van der Waals surface area contributed by atoms with Crippen LogP contribution >= 0.6 is 0 Å². The minimum Gasteiger partial charge on any atom is -0.366 e. The Bertz CT molecular complexity index is 828. The van der Waals surface area contributed by atoms with Gasteiger partial charge in [0.2, 0.25) is 5.95 Å². The van der Waals surface area contributed by atoms with Gasteiger partial charge in [0.1, 0.15) is 5.82 Å². The van der Waals surface area contributed by atoms with Crippen LogP contribution in [0, 0.1) is 6.92 Å². The van der Waals surface area contributed by atoms with Gasteiger partial charge in [0.25, 0.3) is 0 Å². The summed E-state index contributed by atoms with van der Waals surface area (Å²) in [6.45, 7) is 6.44. The largest absolute Gasteiger partial charge is 0.366 e. The number of anilines is 3. The van der Waals surface area contributed by atoms with E-state index in [0.717, 1.165) is 28.3 Å². The normalized spacial score (nSPS) is 10.2. The van der Waals surface area contributed by atoms with Crippen LogP contribution in [0.25, 0.3) is 11.3 Å². The predicted octanol–water partition coefficient (Wildman–Crippen LogP) is 4.79. The zero-order chi connectivity index (χ0) is 16.8. The summed E-state index contributed by atoms with van der Waals surface area (Å²) < 4.78 is 0. The minimum atomic E-state index is 0.567. The summed E-state index contributed by atoms with van der Waals surface area (Å²) in [5.41, 5.74) is 4.06. The Hall–Kier alpha value is -3.14. The molecule has 4 heteroatoms. The Kier molecular flexibility index (Phi) is 4.87. The zero-order valence-corrected chi connectivity index (χ0v) is 13.7. The zero-order valence-electron chi connectivity index (χ0n) is 13.7. The van der Waals surface area contributed by atoms with Gasteiger partial charge in [-0.15, -0.1) is 6.58 Å². The molecule has 0 spiro atoms. The number of nitrogens with zero attached hydrogens (tertiary/aromatic N) is 2. The Balaban J connectivity index is 1.98. The predicted molar refractivity (Wildman–Crippen MR) is 101 cm³/mol. The van der Waals surface area contributed by atoms with Gasteiger partial charge in [0, 0.05) is 23.9 Å². The molecule has 0 atom stereocenters. The molecule has 0 unspecified atom stereocenters. The molecule has 0 aliphatic heterocycles. The molecule has 1 aromatic heterocycles. The van der Waals surface area contributed by atoms with Crippen LogP contribution in [-0.4, -0.2) is 16.5 Å². The van der Waals surface area contributed by atoms with Crippen LogP contribution in [-0.2, 0) is 0 Å². The first-order valence-electron chi connectivity index (χ1n) is 7.88. The average Bonchev–Trinajstić information content (AvgIpc) is 2.62. The topological polar surface area (TPSA) is 49.8 Å². The molecule has 24 heavy (non-hydrogen) atoms. The van der Waals surface area contributed by atoms with Gasteiger partial charge in [0.15, 0.2) is 0 Å². The van der Waals surface area contributed by atoms with E-state index in [9.17, 15) is 0 Å². The van der Waals surface area contributed by atoms with Crippen LogP contribution in [0.1, 0.15) is 5.56 Å². The first-order chi connectivity index (χ1) is 11.8. The molecule has 4 nitrogen and oxygen atoms in total. The van der Waals surface area contributed by atoms with Crippen LogP contribution in [0.5, 0.6) is 0 Å². The van der Waals surface area contributed by atoms with E-state index in [4.69, 9.17) is 0 Å². The molecule has 0 radical (unpaired) electrons. The number of aryl methyl sites for hydroxylation is 1. The molecular formula is C20H20N4. The van der Waals surface area contributed by atoms with Gasteiger partial charge in [0.05, 0.1) is 5.69 Å². The molecule has 0 saturated carbocycles. The summed E-state index contributed by atoms with van der Waals surface area (Å²) >= 11 is 0. The van der Waals surface area contributed by atoms with Gasteiger partial charge in [-0.3, -0.25) is 0 Å². The molecule has 3 rings (SSSR count). The fourth-order valence-electron chi connectivity index (χ4n) is 2.36. The highest BCUT2D eigenvalue weighted by molar-refractivity contribution is 5.67. The second-order valence-corrected chi connectivity index (χ2v) is 5.44. The van der Waals surface area contributed by atoms with Gasteiger partial charge in [-0.25, -0.2) is 4.98 Å². The molecule has 0 bridgehead atoms. The average molecular weight is 316 g/mol. The van der Waals surface area contributed by atoms with Crippen LogP contribution in [0.4, 0.5) is 17.5 Å². The molecular weight excluding hydrogens is 296 g/mol. The summed E-state index contributed by atoms with van der Waals surface area (Å²) in [7, 11) is 0. The van der Waals surface area contributed by atoms with Crippen molar-refractivity contribution in [2.45, 2.75) is 6.92 Å². The Morgan fingerprint density at radius 3 is 2.50 bits per heavy atom. The van der Waals surface area contributed by atoms with Gasteiger partial charge in [-0.2, -0.15) is 4.98 Å². The lowest BCUT2D eigenvalue weighted by atomic mass is 10.1. The van der Waals surface area contributed by atoms with E-state index in [2.05, 4.69) is 40.2 Å². The van der Waals surface area contributed by atoms with Crippen LogP contribution in [0.2, 0.25) is 0 Å². The van der Waals surface area contributed by atoms with Crippen molar-refractivity contribution in [2.75, 3.05) is 17.2 Å². The van der Waals surface area contributed by atoms with E-state index in [1.807, 2.05) is 54.6 Å². The van der Waals surface area contributed by atoms with Crippen molar-refractivity contribution >= 4 is 17.5 Å². The molecule has 120 valence electrons. The fraction of sp³-hybridized carbons (Fsp3) is 0.100. The maximum Gasteiger partial charge on any atom is 0.229 e. The summed E-state index contributed by atoms with van der Waals surface area (Å²) in [5.74, 6) is 1.33. The Morgan fingerprint density at radius 2 is 1.75 bits per heavy atom. The third-order valence-electron chi connectivity index (χ3n) is 3.61. The molecule has 3 aromatic rings. The standard InChI is InChI=1S/C20H20N4/c1-3-13-21-19-14-18(16-10-5-4-6-11-16)23-20(24-19)22-17-12-8-7-9-15(17)2/h3-12,14H,1,13H2,2H3,(H2,21,22,23,24). The third-order valence-corrected chi connectivity index (χ3v) is 3.61. The van der Waals surface area contributed by atoms with Crippen molar-refractivity contribution < 1.29 is 0 Å². The van der Waals surface area contributed by atoms with Crippen LogP contribution in [0.3, 0.4) is 0 Å². The Labute approximate surface area is 142 Å².